The molecule has 0 heterocycles. The Morgan fingerprint density at radius 3 is 2.55 bits per heavy atom. The third kappa shape index (κ3) is 3.60. The van der Waals surface area contributed by atoms with Gasteiger partial charge in [-0.25, -0.2) is 0 Å². The second-order valence-electron chi connectivity index (χ2n) is 5.95. The lowest BCUT2D eigenvalue weighted by atomic mass is 9.86. The molecule has 0 bridgehead atoms. The molecule has 0 amide bonds. The van der Waals surface area contributed by atoms with E-state index in [9.17, 15) is 4.79 Å². The van der Waals surface area contributed by atoms with E-state index in [0.29, 0.717) is 23.9 Å². The summed E-state index contributed by atoms with van der Waals surface area (Å²) in [5.41, 5.74) is 0.686. The number of carbonyl (C=O) groups is 1. The number of nitrogens with zero attached hydrogens (tertiary/aromatic N) is 1. The highest BCUT2D eigenvalue weighted by Gasteiger charge is 2.23. The van der Waals surface area contributed by atoms with Crippen LogP contribution in [0.3, 0.4) is 0 Å². The number of methoxy groups -OCH3 is 1. The largest absolute Gasteiger partial charge is 0.496 e. The van der Waals surface area contributed by atoms with Crippen molar-refractivity contribution in [3.63, 3.8) is 0 Å². The van der Waals surface area contributed by atoms with Gasteiger partial charge >= 0.3 is 0 Å². The Labute approximate surface area is 121 Å². The van der Waals surface area contributed by atoms with E-state index < -0.39 is 0 Å². The molecule has 0 spiro atoms. The van der Waals surface area contributed by atoms with Crippen LogP contribution in [0.1, 0.15) is 43.0 Å². The molecule has 0 N–H and O–H groups in total. The van der Waals surface area contributed by atoms with Crippen molar-refractivity contribution in [3.8, 4) is 5.75 Å². The molecule has 1 saturated carbocycles. The minimum Gasteiger partial charge on any atom is -0.496 e. The highest BCUT2D eigenvalue weighted by molar-refractivity contribution is 6.00. The van der Waals surface area contributed by atoms with Gasteiger partial charge in [0.15, 0.2) is 5.78 Å². The number of ketones is 1. The molecule has 110 valence electrons. The first-order valence-electron chi connectivity index (χ1n) is 7.48. The van der Waals surface area contributed by atoms with Crippen LogP contribution in [0.15, 0.2) is 24.3 Å². The average Bonchev–Trinajstić information content (AvgIpc) is 2.47. The van der Waals surface area contributed by atoms with E-state index in [4.69, 9.17) is 4.74 Å². The number of para-hydroxylation sites is 1. The molecule has 3 nitrogen and oxygen atoms in total. The summed E-state index contributed by atoms with van der Waals surface area (Å²) in [4.78, 5) is 14.6. The second-order valence-corrected chi connectivity index (χ2v) is 5.95. The molecule has 0 aromatic heterocycles. The summed E-state index contributed by atoms with van der Waals surface area (Å²) >= 11 is 0. The Balaban J connectivity index is 1.97. The van der Waals surface area contributed by atoms with Gasteiger partial charge in [0, 0.05) is 6.04 Å². The molecule has 1 aliphatic rings. The summed E-state index contributed by atoms with van der Waals surface area (Å²) in [7, 11) is 3.67. The van der Waals surface area contributed by atoms with Crippen LogP contribution in [0.4, 0.5) is 0 Å². The number of hydrogen-bond acceptors (Lipinski definition) is 3. The van der Waals surface area contributed by atoms with E-state index >= 15 is 0 Å². The summed E-state index contributed by atoms with van der Waals surface area (Å²) in [5.74, 6) is 1.65. The van der Waals surface area contributed by atoms with Crippen LogP contribution in [0.5, 0.6) is 5.75 Å². The van der Waals surface area contributed by atoms with E-state index in [1.54, 1.807) is 7.11 Å². The Morgan fingerprint density at radius 2 is 1.90 bits per heavy atom. The van der Waals surface area contributed by atoms with Gasteiger partial charge in [-0.15, -0.1) is 0 Å². The molecule has 0 atom stereocenters. The summed E-state index contributed by atoms with van der Waals surface area (Å²) < 4.78 is 5.27. The SMILES string of the molecule is COc1ccccc1C(=O)CN(C)C1CCC(C)CC1. The molecule has 0 aliphatic heterocycles. The normalized spacial score (nSPS) is 22.8. The van der Waals surface area contributed by atoms with Crippen molar-refractivity contribution >= 4 is 5.78 Å². The maximum atomic E-state index is 12.4. The Hall–Kier alpha value is -1.35. The number of carbonyl (C=O) groups excluding carboxylic acids is 1. The lowest BCUT2D eigenvalue weighted by molar-refractivity contribution is 0.0886. The standard InChI is InChI=1S/C17H25NO2/c1-13-8-10-14(11-9-13)18(2)12-16(19)15-6-4-5-7-17(15)20-3/h4-7,13-14H,8-12H2,1-3H3. The zero-order valence-corrected chi connectivity index (χ0v) is 12.8. The molecule has 1 aromatic rings. The number of likely N-dealkylation sites (N-methyl/N-ethyl adjacent to an activating group) is 1. The van der Waals surface area contributed by atoms with Gasteiger partial charge in [-0.05, 0) is 50.8 Å². The minimum absolute atomic E-state index is 0.142. The van der Waals surface area contributed by atoms with Crippen LogP contribution < -0.4 is 4.74 Å². The molecular formula is C17H25NO2. The summed E-state index contributed by atoms with van der Waals surface area (Å²) in [6.45, 7) is 2.79. The van der Waals surface area contributed by atoms with Crippen molar-refractivity contribution < 1.29 is 9.53 Å². The Bertz CT molecular complexity index is 450. The van der Waals surface area contributed by atoms with Crippen molar-refractivity contribution in [2.45, 2.75) is 38.6 Å². The molecule has 2 rings (SSSR count). The number of Topliss-reactive ketones (excluding diaryl/α,β-unsaturated/α-hetero) is 1. The number of hydrogen-bond donors (Lipinski definition) is 0. The second kappa shape index (κ2) is 6.89. The fourth-order valence-electron chi connectivity index (χ4n) is 3.00. The van der Waals surface area contributed by atoms with Gasteiger partial charge in [-0.1, -0.05) is 19.1 Å². The van der Waals surface area contributed by atoms with Crippen LogP contribution in [-0.2, 0) is 0 Å². The van der Waals surface area contributed by atoms with E-state index in [1.165, 1.54) is 25.7 Å². The van der Waals surface area contributed by atoms with Crippen LogP contribution in [0.2, 0.25) is 0 Å². The zero-order valence-electron chi connectivity index (χ0n) is 12.8. The van der Waals surface area contributed by atoms with Crippen LogP contribution in [0, 0.1) is 5.92 Å². The van der Waals surface area contributed by atoms with Crippen LogP contribution in [-0.4, -0.2) is 37.4 Å². The van der Waals surface area contributed by atoms with Gasteiger partial charge in [0.1, 0.15) is 5.75 Å². The molecule has 1 fully saturated rings. The smallest absolute Gasteiger partial charge is 0.180 e. The summed E-state index contributed by atoms with van der Waals surface area (Å²) in [5, 5.41) is 0. The monoisotopic (exact) mass is 275 g/mol. The Kier molecular flexibility index (Phi) is 5.18. The highest BCUT2D eigenvalue weighted by Crippen LogP contribution is 2.27. The van der Waals surface area contributed by atoms with E-state index in [-0.39, 0.29) is 5.78 Å². The highest BCUT2D eigenvalue weighted by atomic mass is 16.5. The van der Waals surface area contributed by atoms with Crippen LogP contribution >= 0.6 is 0 Å². The Morgan fingerprint density at radius 1 is 1.25 bits per heavy atom. The first kappa shape index (κ1) is 15.0. The van der Waals surface area contributed by atoms with Crippen molar-refractivity contribution in [1.29, 1.82) is 0 Å². The van der Waals surface area contributed by atoms with Crippen molar-refractivity contribution in [3.05, 3.63) is 29.8 Å². The first-order valence-corrected chi connectivity index (χ1v) is 7.48. The molecular weight excluding hydrogens is 250 g/mol. The average molecular weight is 275 g/mol. The lowest BCUT2D eigenvalue weighted by Crippen LogP contribution is -2.38. The van der Waals surface area contributed by atoms with Gasteiger partial charge in [-0.2, -0.15) is 0 Å². The summed E-state index contributed by atoms with van der Waals surface area (Å²) in [6.07, 6.45) is 4.96. The molecule has 1 aromatic carbocycles. The lowest BCUT2D eigenvalue weighted by Gasteiger charge is -2.33. The van der Waals surface area contributed by atoms with Gasteiger partial charge in [0.25, 0.3) is 0 Å². The molecule has 0 unspecified atom stereocenters. The molecule has 0 radical (unpaired) electrons. The molecule has 0 saturated heterocycles. The summed E-state index contributed by atoms with van der Waals surface area (Å²) in [6, 6.07) is 8.01. The van der Waals surface area contributed by atoms with E-state index in [1.807, 2.05) is 24.3 Å². The van der Waals surface area contributed by atoms with Gasteiger partial charge in [0.2, 0.25) is 0 Å². The first-order chi connectivity index (χ1) is 9.61. The maximum absolute atomic E-state index is 12.4. The molecule has 3 heteroatoms. The predicted molar refractivity (Wildman–Crippen MR) is 81.4 cm³/mol. The minimum atomic E-state index is 0.142. The number of benzene rings is 1. The third-order valence-electron chi connectivity index (χ3n) is 4.41. The topological polar surface area (TPSA) is 29.5 Å². The van der Waals surface area contributed by atoms with Crippen molar-refractivity contribution in [2.24, 2.45) is 5.92 Å². The van der Waals surface area contributed by atoms with Gasteiger partial charge in [0.05, 0.1) is 19.2 Å². The third-order valence-corrected chi connectivity index (χ3v) is 4.41. The quantitative estimate of drug-likeness (QED) is 0.771. The predicted octanol–water partition coefficient (Wildman–Crippen LogP) is 3.39. The van der Waals surface area contributed by atoms with Crippen molar-refractivity contribution in [2.75, 3.05) is 20.7 Å². The van der Waals surface area contributed by atoms with Crippen LogP contribution in [0.25, 0.3) is 0 Å². The fourth-order valence-corrected chi connectivity index (χ4v) is 3.00. The molecule has 1 aliphatic carbocycles. The fraction of sp³-hybridized carbons (Fsp3) is 0.588. The van der Waals surface area contributed by atoms with Gasteiger partial charge in [-0.3, -0.25) is 9.69 Å². The van der Waals surface area contributed by atoms with E-state index in [2.05, 4.69) is 18.9 Å². The maximum Gasteiger partial charge on any atom is 0.180 e. The zero-order chi connectivity index (χ0) is 14.5. The van der Waals surface area contributed by atoms with Gasteiger partial charge < -0.3 is 4.74 Å². The molecule has 20 heavy (non-hydrogen) atoms. The number of ether oxygens (including phenoxy) is 1. The van der Waals surface area contributed by atoms with E-state index in [0.717, 1.165) is 5.92 Å². The number of rotatable bonds is 5. The van der Waals surface area contributed by atoms with Crippen molar-refractivity contribution in [1.82, 2.24) is 4.90 Å².